The highest BCUT2D eigenvalue weighted by molar-refractivity contribution is 5.76. The third-order valence-corrected chi connectivity index (χ3v) is 4.60. The van der Waals surface area contributed by atoms with E-state index in [0.29, 0.717) is 37.9 Å². The van der Waals surface area contributed by atoms with Gasteiger partial charge in [-0.1, -0.05) is 19.3 Å². The number of amides is 3. The van der Waals surface area contributed by atoms with Crippen molar-refractivity contribution in [3.63, 3.8) is 0 Å². The third kappa shape index (κ3) is 6.22. The summed E-state index contributed by atoms with van der Waals surface area (Å²) in [5, 5.41) is 8.83. The summed E-state index contributed by atoms with van der Waals surface area (Å²) in [6, 6.07) is 0.348. The van der Waals surface area contributed by atoms with Gasteiger partial charge in [-0.3, -0.25) is 4.79 Å². The minimum Gasteiger partial charge on any atom is -0.352 e. The van der Waals surface area contributed by atoms with Crippen LogP contribution in [0.25, 0.3) is 0 Å². The molecule has 0 radical (unpaired) electrons. The van der Waals surface area contributed by atoms with Crippen molar-refractivity contribution >= 4 is 11.9 Å². The maximum absolute atomic E-state index is 11.8. The van der Waals surface area contributed by atoms with E-state index in [2.05, 4.69) is 16.0 Å². The lowest BCUT2D eigenvalue weighted by Crippen LogP contribution is -2.44. The molecule has 1 atom stereocenters. The molecular weight excluding hydrogens is 280 g/mol. The molecule has 0 spiro atoms. The van der Waals surface area contributed by atoms with Crippen LogP contribution in [0.5, 0.6) is 0 Å². The standard InChI is InChI=1S/C16H30N4O2/c17-11-14(12-8-9-12)20-15(21)7-4-10-18-16(22)19-13-5-2-1-3-6-13/h12-14H,1-11,17H2,(H,20,21)(H2,18,19,22). The maximum Gasteiger partial charge on any atom is 0.315 e. The fourth-order valence-electron chi connectivity index (χ4n) is 3.08. The monoisotopic (exact) mass is 310 g/mol. The van der Waals surface area contributed by atoms with E-state index in [1.807, 2.05) is 0 Å². The largest absolute Gasteiger partial charge is 0.352 e. The zero-order valence-corrected chi connectivity index (χ0v) is 13.4. The van der Waals surface area contributed by atoms with Gasteiger partial charge in [-0.2, -0.15) is 0 Å². The molecular formula is C16H30N4O2. The molecule has 6 nitrogen and oxygen atoms in total. The van der Waals surface area contributed by atoms with Crippen LogP contribution in [0, 0.1) is 5.92 Å². The van der Waals surface area contributed by atoms with E-state index in [1.165, 1.54) is 32.1 Å². The predicted octanol–water partition coefficient (Wildman–Crippen LogP) is 1.25. The van der Waals surface area contributed by atoms with Crippen LogP contribution in [0.3, 0.4) is 0 Å². The van der Waals surface area contributed by atoms with Gasteiger partial charge in [-0.15, -0.1) is 0 Å². The topological polar surface area (TPSA) is 96.2 Å². The highest BCUT2D eigenvalue weighted by atomic mass is 16.2. The van der Waals surface area contributed by atoms with Crippen LogP contribution >= 0.6 is 0 Å². The van der Waals surface area contributed by atoms with Gasteiger partial charge in [0.05, 0.1) is 0 Å². The summed E-state index contributed by atoms with van der Waals surface area (Å²) < 4.78 is 0. The second-order valence-corrected chi connectivity index (χ2v) is 6.59. The number of carbonyl (C=O) groups is 2. The van der Waals surface area contributed by atoms with E-state index in [4.69, 9.17) is 5.73 Å². The first-order valence-electron chi connectivity index (χ1n) is 8.73. The van der Waals surface area contributed by atoms with Crippen molar-refractivity contribution < 1.29 is 9.59 Å². The van der Waals surface area contributed by atoms with Crippen molar-refractivity contribution in [3.8, 4) is 0 Å². The van der Waals surface area contributed by atoms with E-state index in [0.717, 1.165) is 12.8 Å². The number of nitrogens with two attached hydrogens (primary N) is 1. The van der Waals surface area contributed by atoms with Crippen LogP contribution in [0.1, 0.15) is 57.8 Å². The SMILES string of the molecule is NCC(NC(=O)CCCNC(=O)NC1CCCCC1)C1CC1. The Morgan fingerprint density at radius 1 is 1.09 bits per heavy atom. The Morgan fingerprint density at radius 2 is 1.82 bits per heavy atom. The van der Waals surface area contributed by atoms with Gasteiger partial charge >= 0.3 is 6.03 Å². The molecule has 2 aliphatic carbocycles. The highest BCUT2D eigenvalue weighted by Crippen LogP contribution is 2.32. The number of urea groups is 1. The number of nitrogens with one attached hydrogen (secondary N) is 3. The summed E-state index contributed by atoms with van der Waals surface area (Å²) >= 11 is 0. The van der Waals surface area contributed by atoms with E-state index in [1.54, 1.807) is 0 Å². The van der Waals surface area contributed by atoms with Crippen LogP contribution in [-0.4, -0.2) is 37.1 Å². The van der Waals surface area contributed by atoms with Gasteiger partial charge in [0, 0.05) is 31.6 Å². The van der Waals surface area contributed by atoms with Crippen molar-refractivity contribution in [1.29, 1.82) is 0 Å². The Bertz CT molecular complexity index is 365. The molecule has 126 valence electrons. The van der Waals surface area contributed by atoms with Gasteiger partial charge < -0.3 is 21.7 Å². The summed E-state index contributed by atoms with van der Waals surface area (Å²) in [5.41, 5.74) is 5.67. The summed E-state index contributed by atoms with van der Waals surface area (Å²) in [6.45, 7) is 1.04. The smallest absolute Gasteiger partial charge is 0.315 e. The van der Waals surface area contributed by atoms with Crippen molar-refractivity contribution in [3.05, 3.63) is 0 Å². The Labute approximate surface area is 133 Å². The lowest BCUT2D eigenvalue weighted by molar-refractivity contribution is -0.121. The fourth-order valence-corrected chi connectivity index (χ4v) is 3.08. The minimum atomic E-state index is -0.106. The molecule has 0 heterocycles. The van der Waals surface area contributed by atoms with Crippen LogP contribution in [0.2, 0.25) is 0 Å². The highest BCUT2D eigenvalue weighted by Gasteiger charge is 2.30. The van der Waals surface area contributed by atoms with Crippen LogP contribution in [0.15, 0.2) is 0 Å². The van der Waals surface area contributed by atoms with E-state index in [-0.39, 0.29) is 18.0 Å². The summed E-state index contributed by atoms with van der Waals surface area (Å²) in [6.07, 6.45) is 9.28. The van der Waals surface area contributed by atoms with Crippen LogP contribution in [-0.2, 0) is 4.79 Å². The van der Waals surface area contributed by atoms with Gasteiger partial charge in [-0.25, -0.2) is 4.79 Å². The van der Waals surface area contributed by atoms with Crippen LogP contribution < -0.4 is 21.7 Å². The maximum atomic E-state index is 11.8. The van der Waals surface area contributed by atoms with E-state index < -0.39 is 0 Å². The molecule has 22 heavy (non-hydrogen) atoms. The first-order valence-corrected chi connectivity index (χ1v) is 8.73. The number of hydrogen-bond donors (Lipinski definition) is 4. The number of rotatable bonds is 8. The Morgan fingerprint density at radius 3 is 2.45 bits per heavy atom. The zero-order chi connectivity index (χ0) is 15.8. The van der Waals surface area contributed by atoms with Crippen molar-refractivity contribution in [1.82, 2.24) is 16.0 Å². The molecule has 0 aromatic carbocycles. The molecule has 2 saturated carbocycles. The third-order valence-electron chi connectivity index (χ3n) is 4.60. The molecule has 0 bridgehead atoms. The molecule has 2 rings (SSSR count). The van der Waals surface area contributed by atoms with E-state index in [9.17, 15) is 9.59 Å². The molecule has 3 amide bonds. The lowest BCUT2D eigenvalue weighted by atomic mass is 9.96. The van der Waals surface area contributed by atoms with Gasteiger partial charge in [-0.05, 0) is 38.0 Å². The second kappa shape index (κ2) is 8.98. The van der Waals surface area contributed by atoms with Gasteiger partial charge in [0.25, 0.3) is 0 Å². The molecule has 5 N–H and O–H groups in total. The Balaban J connectivity index is 1.50. The van der Waals surface area contributed by atoms with E-state index >= 15 is 0 Å². The van der Waals surface area contributed by atoms with Crippen LogP contribution in [0.4, 0.5) is 4.79 Å². The fraction of sp³-hybridized carbons (Fsp3) is 0.875. The molecule has 2 aliphatic rings. The molecule has 0 aliphatic heterocycles. The van der Waals surface area contributed by atoms with Crippen molar-refractivity contribution in [2.75, 3.05) is 13.1 Å². The van der Waals surface area contributed by atoms with Crippen molar-refractivity contribution in [2.24, 2.45) is 11.7 Å². The number of carbonyl (C=O) groups excluding carboxylic acids is 2. The molecule has 6 heteroatoms. The second-order valence-electron chi connectivity index (χ2n) is 6.59. The van der Waals surface area contributed by atoms with Gasteiger partial charge in [0.1, 0.15) is 0 Å². The molecule has 1 unspecified atom stereocenters. The first kappa shape index (κ1) is 17.1. The summed E-state index contributed by atoms with van der Waals surface area (Å²) in [5.74, 6) is 0.616. The Kier molecular flexibility index (Phi) is 6.96. The zero-order valence-electron chi connectivity index (χ0n) is 13.4. The Hall–Kier alpha value is -1.30. The molecule has 0 saturated heterocycles. The average Bonchev–Trinajstić information content (AvgIpc) is 3.35. The van der Waals surface area contributed by atoms with Crippen molar-refractivity contribution in [2.45, 2.75) is 69.9 Å². The number of hydrogen-bond acceptors (Lipinski definition) is 3. The molecule has 0 aromatic heterocycles. The van der Waals surface area contributed by atoms with Gasteiger partial charge in [0.15, 0.2) is 0 Å². The predicted molar refractivity (Wildman–Crippen MR) is 86.4 cm³/mol. The quantitative estimate of drug-likeness (QED) is 0.508. The summed E-state index contributed by atoms with van der Waals surface area (Å²) in [4.78, 5) is 23.5. The minimum absolute atomic E-state index is 0.0387. The normalized spacial score (nSPS) is 20.2. The molecule has 0 aromatic rings. The summed E-state index contributed by atoms with van der Waals surface area (Å²) in [7, 11) is 0. The molecule has 2 fully saturated rings. The van der Waals surface area contributed by atoms with Gasteiger partial charge in [0.2, 0.25) is 5.91 Å². The first-order chi connectivity index (χ1) is 10.7. The average molecular weight is 310 g/mol. The lowest BCUT2D eigenvalue weighted by Gasteiger charge is -2.22.